The maximum atomic E-state index is 11.0. The number of carboxylic acid groups (broad SMARTS) is 1. The number of hydrogen-bond acceptors (Lipinski definition) is 4. The Labute approximate surface area is 104 Å². The van der Waals surface area contributed by atoms with Crippen LogP contribution < -0.4 is 5.32 Å². The second-order valence-electron chi connectivity index (χ2n) is 4.93. The Morgan fingerprint density at radius 1 is 1.56 bits per heavy atom. The van der Waals surface area contributed by atoms with E-state index >= 15 is 0 Å². The number of nitro groups is 1. The van der Waals surface area contributed by atoms with Crippen molar-refractivity contribution in [3.8, 4) is 0 Å². The Kier molecular flexibility index (Phi) is 2.94. The van der Waals surface area contributed by atoms with Crippen LogP contribution in [0.4, 0.5) is 11.4 Å². The predicted octanol–water partition coefficient (Wildman–Crippen LogP) is 2.51. The maximum Gasteiger partial charge on any atom is 0.342 e. The van der Waals surface area contributed by atoms with E-state index in [0.29, 0.717) is 6.54 Å². The van der Waals surface area contributed by atoms with E-state index in [4.69, 9.17) is 5.11 Å². The number of carbonyl (C=O) groups is 1. The highest BCUT2D eigenvalue weighted by atomic mass is 16.6. The summed E-state index contributed by atoms with van der Waals surface area (Å²) < 4.78 is 0. The standard InChI is InChI=1S/C12H14N2O4/c1-12(5-6-12)7-13-9-4-2-3-8(11(15)16)10(9)14(17)18/h2-4,13H,5-7H2,1H3,(H,15,16). The number of benzene rings is 1. The molecule has 1 fully saturated rings. The van der Waals surface area contributed by atoms with Crippen molar-refractivity contribution in [2.45, 2.75) is 19.8 Å². The molecule has 6 heteroatoms. The number of nitro benzene ring substituents is 1. The lowest BCUT2D eigenvalue weighted by molar-refractivity contribution is -0.384. The Balaban J connectivity index is 2.30. The van der Waals surface area contributed by atoms with Gasteiger partial charge in [-0.15, -0.1) is 0 Å². The van der Waals surface area contributed by atoms with E-state index in [0.717, 1.165) is 12.8 Å². The minimum atomic E-state index is -1.29. The number of carboxylic acids is 1. The van der Waals surface area contributed by atoms with E-state index in [9.17, 15) is 14.9 Å². The molecule has 0 amide bonds. The van der Waals surface area contributed by atoms with Crippen LogP contribution >= 0.6 is 0 Å². The van der Waals surface area contributed by atoms with Gasteiger partial charge in [0.25, 0.3) is 0 Å². The topological polar surface area (TPSA) is 92.5 Å². The van der Waals surface area contributed by atoms with Crippen molar-refractivity contribution in [3.63, 3.8) is 0 Å². The molecular formula is C12H14N2O4. The molecule has 1 aromatic carbocycles. The Hall–Kier alpha value is -2.11. The number of anilines is 1. The third-order valence-electron chi connectivity index (χ3n) is 3.26. The van der Waals surface area contributed by atoms with Crippen LogP contribution in [0.15, 0.2) is 18.2 Å². The van der Waals surface area contributed by atoms with Gasteiger partial charge in [-0.25, -0.2) is 4.79 Å². The third-order valence-corrected chi connectivity index (χ3v) is 3.26. The third kappa shape index (κ3) is 2.42. The molecule has 1 aliphatic rings. The second kappa shape index (κ2) is 4.29. The smallest absolute Gasteiger partial charge is 0.342 e. The summed E-state index contributed by atoms with van der Waals surface area (Å²) in [6.45, 7) is 2.71. The minimum absolute atomic E-state index is 0.188. The van der Waals surface area contributed by atoms with Gasteiger partial charge in [0.05, 0.1) is 4.92 Å². The summed E-state index contributed by atoms with van der Waals surface area (Å²) in [5.41, 5.74) is -0.194. The molecule has 96 valence electrons. The molecule has 0 unspecified atom stereocenters. The van der Waals surface area contributed by atoms with Crippen molar-refractivity contribution in [3.05, 3.63) is 33.9 Å². The SMILES string of the molecule is CC1(CNc2cccc(C(=O)O)c2[N+](=O)[O-])CC1. The molecule has 0 aliphatic heterocycles. The summed E-state index contributed by atoms with van der Waals surface area (Å²) in [6.07, 6.45) is 2.18. The van der Waals surface area contributed by atoms with Crippen LogP contribution in [-0.2, 0) is 0 Å². The molecule has 0 saturated heterocycles. The predicted molar refractivity (Wildman–Crippen MR) is 65.9 cm³/mol. The lowest BCUT2D eigenvalue weighted by atomic mass is 10.1. The Morgan fingerprint density at radius 2 is 2.22 bits per heavy atom. The lowest BCUT2D eigenvalue weighted by Gasteiger charge is -2.12. The minimum Gasteiger partial charge on any atom is -0.477 e. The van der Waals surface area contributed by atoms with Crippen molar-refractivity contribution in [1.29, 1.82) is 0 Å². The van der Waals surface area contributed by atoms with Gasteiger partial charge in [0.2, 0.25) is 0 Å². The highest BCUT2D eigenvalue weighted by Crippen LogP contribution is 2.45. The average Bonchev–Trinajstić information content (AvgIpc) is 3.04. The van der Waals surface area contributed by atoms with Crippen LogP contribution in [-0.4, -0.2) is 22.5 Å². The Morgan fingerprint density at radius 3 is 2.72 bits per heavy atom. The molecule has 0 spiro atoms. The number of nitrogens with one attached hydrogen (secondary N) is 1. The first-order valence-corrected chi connectivity index (χ1v) is 5.67. The summed E-state index contributed by atoms with van der Waals surface area (Å²) in [4.78, 5) is 21.3. The largest absolute Gasteiger partial charge is 0.477 e. The zero-order valence-electron chi connectivity index (χ0n) is 9.97. The van der Waals surface area contributed by atoms with Gasteiger partial charge in [-0.2, -0.15) is 0 Å². The van der Waals surface area contributed by atoms with Crippen molar-refractivity contribution in [2.75, 3.05) is 11.9 Å². The van der Waals surface area contributed by atoms with Crippen LogP contribution in [0.25, 0.3) is 0 Å². The van der Waals surface area contributed by atoms with E-state index in [2.05, 4.69) is 12.2 Å². The van der Waals surface area contributed by atoms with Crippen molar-refractivity contribution in [2.24, 2.45) is 5.41 Å². The van der Waals surface area contributed by atoms with Gasteiger partial charge in [-0.3, -0.25) is 10.1 Å². The van der Waals surface area contributed by atoms with Gasteiger partial charge in [0, 0.05) is 6.54 Å². The first kappa shape index (κ1) is 12.3. The van der Waals surface area contributed by atoms with E-state index in [1.54, 1.807) is 0 Å². The number of aromatic carboxylic acids is 1. The van der Waals surface area contributed by atoms with Gasteiger partial charge in [-0.1, -0.05) is 13.0 Å². The molecule has 1 saturated carbocycles. The molecule has 6 nitrogen and oxygen atoms in total. The van der Waals surface area contributed by atoms with Crippen LogP contribution in [0, 0.1) is 15.5 Å². The summed E-state index contributed by atoms with van der Waals surface area (Å²) in [5.74, 6) is -1.29. The normalized spacial score (nSPS) is 16.1. The van der Waals surface area contributed by atoms with Crippen molar-refractivity contribution < 1.29 is 14.8 Å². The zero-order valence-corrected chi connectivity index (χ0v) is 9.97. The van der Waals surface area contributed by atoms with Crippen LogP contribution in [0.3, 0.4) is 0 Å². The number of nitrogens with zero attached hydrogens (tertiary/aromatic N) is 1. The first-order valence-electron chi connectivity index (χ1n) is 5.67. The van der Waals surface area contributed by atoms with E-state index in [1.807, 2.05) is 0 Å². The molecule has 1 aromatic rings. The van der Waals surface area contributed by atoms with Crippen molar-refractivity contribution >= 4 is 17.3 Å². The molecule has 18 heavy (non-hydrogen) atoms. The number of para-hydroxylation sites is 1. The molecule has 0 heterocycles. The fourth-order valence-electron chi connectivity index (χ4n) is 1.75. The number of rotatable bonds is 5. The summed E-state index contributed by atoms with van der Waals surface area (Å²) in [6, 6.07) is 4.29. The quantitative estimate of drug-likeness (QED) is 0.618. The monoisotopic (exact) mass is 250 g/mol. The summed E-state index contributed by atoms with van der Waals surface area (Å²) in [5, 5.41) is 22.9. The molecule has 2 N–H and O–H groups in total. The van der Waals surface area contributed by atoms with Gasteiger partial charge < -0.3 is 10.4 Å². The summed E-state index contributed by atoms with van der Waals surface area (Å²) in [7, 11) is 0. The highest BCUT2D eigenvalue weighted by Gasteiger charge is 2.37. The zero-order chi connectivity index (χ0) is 13.3. The van der Waals surface area contributed by atoms with Crippen LogP contribution in [0.2, 0.25) is 0 Å². The molecule has 0 bridgehead atoms. The molecule has 0 radical (unpaired) electrons. The second-order valence-corrected chi connectivity index (χ2v) is 4.93. The van der Waals surface area contributed by atoms with Crippen LogP contribution in [0.5, 0.6) is 0 Å². The molecule has 0 atom stereocenters. The van der Waals surface area contributed by atoms with Gasteiger partial charge in [-0.05, 0) is 30.4 Å². The van der Waals surface area contributed by atoms with Crippen molar-refractivity contribution in [1.82, 2.24) is 0 Å². The van der Waals surface area contributed by atoms with E-state index in [1.165, 1.54) is 18.2 Å². The highest BCUT2D eigenvalue weighted by molar-refractivity contribution is 5.95. The van der Waals surface area contributed by atoms with E-state index < -0.39 is 10.9 Å². The molecule has 2 rings (SSSR count). The fourth-order valence-corrected chi connectivity index (χ4v) is 1.75. The maximum absolute atomic E-state index is 11.0. The van der Waals surface area contributed by atoms with Gasteiger partial charge >= 0.3 is 11.7 Å². The van der Waals surface area contributed by atoms with E-state index in [-0.39, 0.29) is 22.4 Å². The summed E-state index contributed by atoms with van der Waals surface area (Å²) >= 11 is 0. The average molecular weight is 250 g/mol. The molecular weight excluding hydrogens is 236 g/mol. The van der Waals surface area contributed by atoms with Gasteiger partial charge in [0.15, 0.2) is 0 Å². The number of hydrogen-bond donors (Lipinski definition) is 2. The fraction of sp³-hybridized carbons (Fsp3) is 0.417. The Bertz CT molecular complexity index is 509. The molecule has 1 aliphatic carbocycles. The van der Waals surface area contributed by atoms with Gasteiger partial charge in [0.1, 0.15) is 11.3 Å². The molecule has 0 aromatic heterocycles. The van der Waals surface area contributed by atoms with Crippen LogP contribution in [0.1, 0.15) is 30.1 Å². The first-order chi connectivity index (χ1) is 8.43. The lowest BCUT2D eigenvalue weighted by Crippen LogP contribution is -2.14.